The number of hydrogen-bond acceptors (Lipinski definition) is 6. The van der Waals surface area contributed by atoms with E-state index in [1.807, 2.05) is 44.8 Å². The maximum atomic E-state index is 12.8. The third-order valence-corrected chi connectivity index (χ3v) is 10.8. The SMILES string of the molecule is O=C(CC[NH+]1CCN(c2cccc(C(F)(F)F)c2)CC1)c1cccs1.O=C(CC[NH+]1CCN(c2cccc(C(F)(F)F)c2)CC1)c1cccs1.[Cl-].[Cl-]. The largest absolute Gasteiger partial charge is 1.00 e. The molecule has 4 aromatic rings. The van der Waals surface area contributed by atoms with Crippen LogP contribution in [0, 0.1) is 0 Å². The lowest BCUT2D eigenvalue weighted by molar-refractivity contribution is -0.900. The molecule has 0 amide bonds. The van der Waals surface area contributed by atoms with Crippen molar-refractivity contribution in [3.8, 4) is 0 Å². The molecule has 16 heteroatoms. The Bertz CT molecular complexity index is 1550. The van der Waals surface area contributed by atoms with E-state index in [0.29, 0.717) is 50.4 Å². The highest BCUT2D eigenvalue weighted by Crippen LogP contribution is 2.32. The van der Waals surface area contributed by atoms with E-state index >= 15 is 0 Å². The number of benzene rings is 2. The summed E-state index contributed by atoms with van der Waals surface area (Å²) in [5.74, 6) is 0.339. The Morgan fingerprint density at radius 1 is 0.577 bits per heavy atom. The van der Waals surface area contributed by atoms with Crippen LogP contribution < -0.4 is 44.4 Å². The highest BCUT2D eigenvalue weighted by molar-refractivity contribution is 7.12. The summed E-state index contributed by atoms with van der Waals surface area (Å²) < 4.78 is 77.0. The number of alkyl halides is 6. The molecule has 52 heavy (non-hydrogen) atoms. The summed E-state index contributed by atoms with van der Waals surface area (Å²) in [5, 5.41) is 3.79. The first-order valence-electron chi connectivity index (χ1n) is 16.5. The number of rotatable bonds is 10. The zero-order chi connectivity index (χ0) is 35.7. The summed E-state index contributed by atoms with van der Waals surface area (Å²) in [7, 11) is 0. The third-order valence-electron chi connectivity index (χ3n) is 9.02. The van der Waals surface area contributed by atoms with Gasteiger partial charge in [-0.3, -0.25) is 9.59 Å². The van der Waals surface area contributed by atoms with Crippen LogP contribution in [0.1, 0.15) is 43.3 Å². The van der Waals surface area contributed by atoms with E-state index in [1.165, 1.54) is 56.7 Å². The molecule has 2 saturated heterocycles. The lowest BCUT2D eigenvalue weighted by Crippen LogP contribution is -3.15. The second-order valence-corrected chi connectivity index (χ2v) is 14.3. The minimum absolute atomic E-state index is 0. The van der Waals surface area contributed by atoms with Crippen LogP contribution in [0.4, 0.5) is 37.7 Å². The lowest BCUT2D eigenvalue weighted by Gasteiger charge is -2.33. The van der Waals surface area contributed by atoms with Crippen LogP contribution in [-0.4, -0.2) is 77.0 Å². The normalized spacial score (nSPS) is 15.6. The van der Waals surface area contributed by atoms with Crippen LogP contribution >= 0.6 is 22.7 Å². The molecule has 284 valence electrons. The highest BCUT2D eigenvalue weighted by Gasteiger charge is 2.32. The van der Waals surface area contributed by atoms with E-state index in [2.05, 4.69) is 0 Å². The van der Waals surface area contributed by atoms with Crippen molar-refractivity contribution in [1.82, 2.24) is 0 Å². The molecular formula is C36H40Cl2F6N4O2S2. The van der Waals surface area contributed by atoms with Crippen LogP contribution in [0.2, 0.25) is 0 Å². The van der Waals surface area contributed by atoms with Gasteiger partial charge in [0.05, 0.1) is 99.2 Å². The van der Waals surface area contributed by atoms with Gasteiger partial charge in [-0.15, -0.1) is 22.7 Å². The minimum Gasteiger partial charge on any atom is -1.00 e. The van der Waals surface area contributed by atoms with Crippen LogP contribution in [0.3, 0.4) is 0 Å². The molecule has 6 rings (SSSR count). The molecule has 0 saturated carbocycles. The van der Waals surface area contributed by atoms with Crippen LogP contribution in [0.25, 0.3) is 0 Å². The summed E-state index contributed by atoms with van der Waals surface area (Å²) in [5.41, 5.74) is 0.00900. The van der Waals surface area contributed by atoms with Crippen molar-refractivity contribution >= 4 is 45.6 Å². The molecule has 2 aromatic carbocycles. The molecule has 6 nitrogen and oxygen atoms in total. The number of quaternary nitrogens is 2. The van der Waals surface area contributed by atoms with Gasteiger partial charge in [0, 0.05) is 11.4 Å². The fourth-order valence-electron chi connectivity index (χ4n) is 6.12. The Kier molecular flexibility index (Phi) is 16.5. The summed E-state index contributed by atoms with van der Waals surface area (Å²) in [6, 6.07) is 18.4. The zero-order valence-corrected chi connectivity index (χ0v) is 31.3. The summed E-state index contributed by atoms with van der Waals surface area (Å²) in [4.78, 5) is 32.3. The number of nitrogens with zero attached hydrogens (tertiary/aromatic N) is 2. The molecule has 2 aliphatic rings. The Balaban J connectivity index is 0.000000270. The Morgan fingerprint density at radius 3 is 1.25 bits per heavy atom. The van der Waals surface area contributed by atoms with Gasteiger partial charge in [-0.1, -0.05) is 24.3 Å². The quantitative estimate of drug-likeness (QED) is 0.168. The fourth-order valence-corrected chi connectivity index (χ4v) is 7.51. The average Bonchev–Trinajstić information content (AvgIpc) is 3.86. The van der Waals surface area contributed by atoms with Gasteiger partial charge in [-0.05, 0) is 59.3 Å². The maximum Gasteiger partial charge on any atom is 0.416 e. The van der Waals surface area contributed by atoms with E-state index in [-0.39, 0.29) is 36.4 Å². The molecule has 2 N–H and O–H groups in total. The second kappa shape index (κ2) is 19.8. The molecule has 0 atom stereocenters. The minimum atomic E-state index is -4.31. The number of halogens is 8. The van der Waals surface area contributed by atoms with Crippen molar-refractivity contribution < 1.29 is 70.5 Å². The number of piperazine rings is 2. The van der Waals surface area contributed by atoms with Gasteiger partial charge in [-0.25, -0.2) is 0 Å². The van der Waals surface area contributed by atoms with Crippen LogP contribution in [0.15, 0.2) is 83.6 Å². The first-order valence-corrected chi connectivity index (χ1v) is 18.3. The van der Waals surface area contributed by atoms with Gasteiger partial charge < -0.3 is 44.4 Å². The van der Waals surface area contributed by atoms with Gasteiger partial charge >= 0.3 is 12.4 Å². The van der Waals surface area contributed by atoms with Crippen molar-refractivity contribution in [1.29, 1.82) is 0 Å². The van der Waals surface area contributed by atoms with Gasteiger partial charge in [0.15, 0.2) is 11.6 Å². The molecule has 0 unspecified atom stereocenters. The molecule has 2 fully saturated rings. The number of ketones is 2. The average molecular weight is 810 g/mol. The number of anilines is 2. The van der Waals surface area contributed by atoms with Crippen molar-refractivity contribution in [2.24, 2.45) is 0 Å². The molecular weight excluding hydrogens is 769 g/mol. The van der Waals surface area contributed by atoms with Crippen LogP contribution in [0.5, 0.6) is 0 Å². The Hall–Kier alpha value is -3.14. The molecule has 0 bridgehead atoms. The fraction of sp³-hybridized carbons (Fsp3) is 0.389. The number of thiophene rings is 2. The third kappa shape index (κ3) is 12.5. The van der Waals surface area contributed by atoms with E-state index in [1.54, 1.807) is 12.1 Å². The van der Waals surface area contributed by atoms with Crippen molar-refractivity contribution in [2.75, 3.05) is 75.2 Å². The van der Waals surface area contributed by atoms with E-state index in [9.17, 15) is 35.9 Å². The Morgan fingerprint density at radius 2 is 0.942 bits per heavy atom. The van der Waals surface area contributed by atoms with Gasteiger partial charge in [-0.2, -0.15) is 26.3 Å². The molecule has 2 aromatic heterocycles. The first kappa shape index (κ1) is 43.3. The van der Waals surface area contributed by atoms with Gasteiger partial charge in [0.1, 0.15) is 0 Å². The summed E-state index contributed by atoms with van der Waals surface area (Å²) in [6.07, 6.45) is -7.60. The predicted octanol–water partition coefficient (Wildman–Crippen LogP) is -0.502. The maximum absolute atomic E-state index is 12.8. The molecule has 2 aliphatic heterocycles. The zero-order valence-electron chi connectivity index (χ0n) is 28.1. The van der Waals surface area contributed by atoms with Crippen molar-refractivity contribution in [2.45, 2.75) is 25.2 Å². The first-order chi connectivity index (χ1) is 23.9. The number of nitrogens with one attached hydrogen (secondary N) is 2. The smallest absolute Gasteiger partial charge is 0.416 e. The van der Waals surface area contributed by atoms with E-state index in [0.717, 1.165) is 61.2 Å². The van der Waals surface area contributed by atoms with Crippen LogP contribution in [-0.2, 0) is 12.4 Å². The Labute approximate surface area is 319 Å². The van der Waals surface area contributed by atoms with Crippen molar-refractivity contribution in [3.63, 3.8) is 0 Å². The highest BCUT2D eigenvalue weighted by atomic mass is 35.5. The monoisotopic (exact) mass is 808 g/mol. The summed E-state index contributed by atoms with van der Waals surface area (Å²) >= 11 is 2.92. The molecule has 4 heterocycles. The van der Waals surface area contributed by atoms with E-state index in [4.69, 9.17) is 0 Å². The standard InChI is InChI=1S/2C18H19F3N2OS.2ClH/c2*19-18(20,21)14-3-1-4-15(13-14)23-10-8-22(9-11-23)7-6-16(24)17-5-2-12-25-17;;/h2*1-5,12-13H,6-11H2;2*1H. The molecule has 0 aliphatic carbocycles. The summed E-state index contributed by atoms with van der Waals surface area (Å²) in [6.45, 7) is 7.64. The van der Waals surface area contributed by atoms with Crippen molar-refractivity contribution in [3.05, 3.63) is 104 Å². The van der Waals surface area contributed by atoms with E-state index < -0.39 is 23.5 Å². The number of carbonyl (C=O) groups excluding carboxylic acids is 2. The van der Waals surface area contributed by atoms with Gasteiger partial charge in [0.2, 0.25) is 0 Å². The number of carbonyl (C=O) groups is 2. The number of hydrogen-bond donors (Lipinski definition) is 2. The molecule has 0 radical (unpaired) electrons. The second-order valence-electron chi connectivity index (χ2n) is 12.4. The van der Waals surface area contributed by atoms with Gasteiger partial charge in [0.25, 0.3) is 0 Å². The number of Topliss-reactive ketones (excluding diaryl/α,β-unsaturated/α-hetero) is 2. The topological polar surface area (TPSA) is 49.5 Å². The lowest BCUT2D eigenvalue weighted by atomic mass is 10.1. The predicted molar refractivity (Wildman–Crippen MR) is 185 cm³/mol. The molecule has 0 spiro atoms.